The number of aliphatic hydroxyl groups is 1. The number of aromatic nitrogens is 1. The Morgan fingerprint density at radius 1 is 1.44 bits per heavy atom. The molecule has 0 unspecified atom stereocenters. The van der Waals surface area contributed by atoms with Crippen molar-refractivity contribution in [3.05, 3.63) is 47.9 Å². The Hall–Kier alpha value is -2.23. The second kappa shape index (κ2) is 4.96. The minimum atomic E-state index is -0.511. The van der Waals surface area contributed by atoms with Gasteiger partial charge < -0.3 is 14.4 Å². The molecule has 0 saturated carbocycles. The first kappa shape index (κ1) is 12.2. The van der Waals surface area contributed by atoms with Crippen LogP contribution in [0.5, 0.6) is 0 Å². The van der Waals surface area contributed by atoms with E-state index in [0.29, 0.717) is 6.42 Å². The van der Waals surface area contributed by atoms with E-state index in [2.05, 4.69) is 4.74 Å². The second-order valence-electron chi connectivity index (χ2n) is 4.08. The summed E-state index contributed by atoms with van der Waals surface area (Å²) in [6.45, 7) is 0. The Morgan fingerprint density at radius 3 is 2.78 bits per heavy atom. The van der Waals surface area contributed by atoms with Gasteiger partial charge in [0.1, 0.15) is 0 Å². The number of carbonyl (C=O) groups excluding carboxylic acids is 1. The highest BCUT2D eigenvalue weighted by Crippen LogP contribution is 2.20. The predicted molar refractivity (Wildman–Crippen MR) is 69.4 cm³/mol. The number of aliphatic hydroxyl groups excluding tert-OH is 1. The van der Waals surface area contributed by atoms with Crippen LogP contribution in [0.4, 0.5) is 0 Å². The molecular formula is C14H15NO3. The van der Waals surface area contributed by atoms with Gasteiger partial charge in [0.25, 0.3) is 0 Å². The molecule has 2 rings (SSSR count). The van der Waals surface area contributed by atoms with E-state index in [1.54, 1.807) is 0 Å². The van der Waals surface area contributed by atoms with Crippen LogP contribution in [0.25, 0.3) is 10.9 Å². The lowest BCUT2D eigenvalue weighted by Crippen LogP contribution is -2.09. The van der Waals surface area contributed by atoms with E-state index in [1.807, 2.05) is 41.9 Å². The third kappa shape index (κ3) is 2.09. The Bertz CT molecular complexity index is 611. The van der Waals surface area contributed by atoms with Crippen LogP contribution in [0.2, 0.25) is 0 Å². The maximum Gasteiger partial charge on any atom is 0.337 e. The molecule has 0 spiro atoms. The van der Waals surface area contributed by atoms with Crippen LogP contribution in [0.1, 0.15) is 5.69 Å². The predicted octanol–water partition coefficient (Wildman–Crippen LogP) is 2.34. The summed E-state index contributed by atoms with van der Waals surface area (Å²) in [6.07, 6.45) is 1.15. The largest absolute Gasteiger partial charge is 0.515 e. The van der Waals surface area contributed by atoms with Gasteiger partial charge >= 0.3 is 5.97 Å². The smallest absolute Gasteiger partial charge is 0.337 e. The molecular weight excluding hydrogens is 230 g/mol. The van der Waals surface area contributed by atoms with E-state index < -0.39 is 5.97 Å². The Morgan fingerprint density at radius 2 is 2.17 bits per heavy atom. The Balaban J connectivity index is 2.37. The van der Waals surface area contributed by atoms with Gasteiger partial charge in [-0.3, -0.25) is 0 Å². The second-order valence-corrected chi connectivity index (χ2v) is 4.08. The van der Waals surface area contributed by atoms with Crippen molar-refractivity contribution < 1.29 is 14.6 Å². The van der Waals surface area contributed by atoms with Crippen LogP contribution < -0.4 is 0 Å². The molecule has 4 heteroatoms. The Kier molecular flexibility index (Phi) is 3.37. The Labute approximate surface area is 105 Å². The molecule has 2 aromatic rings. The van der Waals surface area contributed by atoms with Crippen LogP contribution in [-0.4, -0.2) is 22.8 Å². The standard InChI is InChI=1S/C14H15NO3/c1-15-12(8-11(9-16)14(17)18-2)7-10-5-3-4-6-13(10)15/h3-7,9,16H,8H2,1-2H3/b11-9-. The highest BCUT2D eigenvalue weighted by atomic mass is 16.5. The van der Waals surface area contributed by atoms with Crippen LogP contribution in [-0.2, 0) is 23.0 Å². The van der Waals surface area contributed by atoms with Gasteiger partial charge in [-0.25, -0.2) is 4.79 Å². The third-order valence-electron chi connectivity index (χ3n) is 3.03. The summed E-state index contributed by atoms with van der Waals surface area (Å²) in [6, 6.07) is 9.96. The summed E-state index contributed by atoms with van der Waals surface area (Å²) in [7, 11) is 3.23. The lowest BCUT2D eigenvalue weighted by Gasteiger charge is -2.06. The zero-order valence-corrected chi connectivity index (χ0v) is 10.4. The molecule has 0 aliphatic carbocycles. The molecule has 18 heavy (non-hydrogen) atoms. The SMILES string of the molecule is COC(=O)/C(=C\O)Cc1cc2ccccc2n1C. The maximum atomic E-state index is 11.4. The highest BCUT2D eigenvalue weighted by molar-refractivity contribution is 5.89. The summed E-state index contributed by atoms with van der Waals surface area (Å²) in [5, 5.41) is 10.2. The number of methoxy groups -OCH3 is 1. The monoisotopic (exact) mass is 245 g/mol. The zero-order chi connectivity index (χ0) is 13.1. The molecule has 1 aromatic carbocycles. The van der Waals surface area contributed by atoms with Gasteiger partial charge in [0, 0.05) is 24.7 Å². The molecule has 1 aromatic heterocycles. The molecule has 0 bridgehead atoms. The normalized spacial score (nSPS) is 11.8. The number of para-hydroxylation sites is 1. The van der Waals surface area contributed by atoms with Crippen LogP contribution in [0.15, 0.2) is 42.2 Å². The summed E-state index contributed by atoms with van der Waals surface area (Å²) < 4.78 is 6.61. The number of carbonyl (C=O) groups is 1. The van der Waals surface area contributed by atoms with Gasteiger partial charge in [-0.2, -0.15) is 0 Å². The van der Waals surface area contributed by atoms with Gasteiger partial charge in [0.05, 0.1) is 18.9 Å². The van der Waals surface area contributed by atoms with Gasteiger partial charge in [-0.15, -0.1) is 0 Å². The molecule has 0 radical (unpaired) electrons. The zero-order valence-electron chi connectivity index (χ0n) is 10.4. The summed E-state index contributed by atoms with van der Waals surface area (Å²) in [4.78, 5) is 11.4. The highest BCUT2D eigenvalue weighted by Gasteiger charge is 2.14. The van der Waals surface area contributed by atoms with Crippen LogP contribution in [0, 0.1) is 0 Å². The summed E-state index contributed by atoms with van der Waals surface area (Å²) in [5.74, 6) is -0.511. The summed E-state index contributed by atoms with van der Waals surface area (Å²) >= 11 is 0. The van der Waals surface area contributed by atoms with E-state index in [4.69, 9.17) is 5.11 Å². The van der Waals surface area contributed by atoms with Gasteiger partial charge in [-0.05, 0) is 17.5 Å². The van der Waals surface area contributed by atoms with Gasteiger partial charge in [-0.1, -0.05) is 18.2 Å². The molecule has 0 amide bonds. The minimum Gasteiger partial charge on any atom is -0.515 e. The van der Waals surface area contributed by atoms with Crippen molar-refractivity contribution >= 4 is 16.9 Å². The molecule has 0 atom stereocenters. The lowest BCUT2D eigenvalue weighted by atomic mass is 10.1. The van der Waals surface area contributed by atoms with Gasteiger partial charge in [0.2, 0.25) is 0 Å². The van der Waals surface area contributed by atoms with Crippen molar-refractivity contribution in [3.63, 3.8) is 0 Å². The number of rotatable bonds is 3. The van der Waals surface area contributed by atoms with Crippen LogP contribution in [0.3, 0.4) is 0 Å². The molecule has 94 valence electrons. The van der Waals surface area contributed by atoms with E-state index in [-0.39, 0.29) is 5.57 Å². The van der Waals surface area contributed by atoms with E-state index in [1.165, 1.54) is 7.11 Å². The molecule has 0 aliphatic rings. The number of esters is 1. The number of benzene rings is 1. The van der Waals surface area contributed by atoms with Crippen molar-refractivity contribution in [1.82, 2.24) is 4.57 Å². The number of nitrogens with zero attached hydrogens (tertiary/aromatic N) is 1. The molecule has 4 nitrogen and oxygen atoms in total. The van der Waals surface area contributed by atoms with E-state index >= 15 is 0 Å². The van der Waals surface area contributed by atoms with Crippen molar-refractivity contribution in [1.29, 1.82) is 0 Å². The van der Waals surface area contributed by atoms with E-state index in [9.17, 15) is 4.79 Å². The molecule has 0 fully saturated rings. The van der Waals surface area contributed by atoms with Crippen molar-refractivity contribution in [3.8, 4) is 0 Å². The number of ether oxygens (including phenoxy) is 1. The van der Waals surface area contributed by atoms with Crippen molar-refractivity contribution in [2.45, 2.75) is 6.42 Å². The summed E-state index contributed by atoms with van der Waals surface area (Å²) in [5.41, 5.74) is 2.28. The first-order valence-corrected chi connectivity index (χ1v) is 5.62. The van der Waals surface area contributed by atoms with Crippen molar-refractivity contribution in [2.75, 3.05) is 7.11 Å². The first-order chi connectivity index (χ1) is 8.67. The average Bonchev–Trinajstić information content (AvgIpc) is 2.72. The minimum absolute atomic E-state index is 0.239. The third-order valence-corrected chi connectivity index (χ3v) is 3.03. The molecule has 1 heterocycles. The fourth-order valence-corrected chi connectivity index (χ4v) is 2.01. The van der Waals surface area contributed by atoms with Crippen LogP contribution >= 0.6 is 0 Å². The fraction of sp³-hybridized carbons (Fsp3) is 0.214. The first-order valence-electron chi connectivity index (χ1n) is 5.62. The lowest BCUT2D eigenvalue weighted by molar-refractivity contribution is -0.136. The fourth-order valence-electron chi connectivity index (χ4n) is 2.01. The topological polar surface area (TPSA) is 51.5 Å². The number of fused-ring (bicyclic) bond motifs is 1. The maximum absolute atomic E-state index is 11.4. The molecule has 0 aliphatic heterocycles. The number of hydrogen-bond donors (Lipinski definition) is 1. The quantitative estimate of drug-likeness (QED) is 0.513. The molecule has 1 N–H and O–H groups in total. The number of aryl methyl sites for hydroxylation is 1. The van der Waals surface area contributed by atoms with E-state index in [0.717, 1.165) is 22.9 Å². The van der Waals surface area contributed by atoms with Gasteiger partial charge in [0.15, 0.2) is 0 Å². The average molecular weight is 245 g/mol. The van der Waals surface area contributed by atoms with Crippen molar-refractivity contribution in [2.24, 2.45) is 7.05 Å². The molecule has 0 saturated heterocycles. The number of hydrogen-bond acceptors (Lipinski definition) is 3.